The van der Waals surface area contributed by atoms with Crippen molar-refractivity contribution >= 4 is 45.1 Å². The molecule has 4 nitrogen and oxygen atoms in total. The number of piperazine rings is 1. The molecule has 0 aliphatic carbocycles. The molecular formula is C17H15BrF3N3OS. The van der Waals surface area contributed by atoms with Gasteiger partial charge in [-0.25, -0.2) is 4.98 Å². The van der Waals surface area contributed by atoms with Crippen molar-refractivity contribution in [3.63, 3.8) is 0 Å². The van der Waals surface area contributed by atoms with Crippen LogP contribution in [0.1, 0.15) is 10.4 Å². The van der Waals surface area contributed by atoms with Gasteiger partial charge in [0.15, 0.2) is 0 Å². The third-order valence-electron chi connectivity index (χ3n) is 3.97. The minimum atomic E-state index is -4.39. The van der Waals surface area contributed by atoms with E-state index in [1.807, 2.05) is 17.0 Å². The largest absolute Gasteiger partial charge is 0.417 e. The number of thiophene rings is 1. The van der Waals surface area contributed by atoms with E-state index in [1.165, 1.54) is 17.4 Å². The summed E-state index contributed by atoms with van der Waals surface area (Å²) in [6, 6.07) is 6.24. The van der Waals surface area contributed by atoms with Crippen molar-refractivity contribution in [2.45, 2.75) is 6.18 Å². The van der Waals surface area contributed by atoms with Crippen molar-refractivity contribution in [3.05, 3.63) is 50.8 Å². The van der Waals surface area contributed by atoms with Gasteiger partial charge in [0, 0.05) is 43.3 Å². The Bertz CT molecular complexity index is 796. The number of carbonyl (C=O) groups is 1. The van der Waals surface area contributed by atoms with Gasteiger partial charge in [-0.15, -0.1) is 11.3 Å². The van der Waals surface area contributed by atoms with Crippen molar-refractivity contribution in [2.24, 2.45) is 0 Å². The van der Waals surface area contributed by atoms with Gasteiger partial charge < -0.3 is 9.80 Å². The van der Waals surface area contributed by atoms with Crippen LogP contribution in [0.5, 0.6) is 0 Å². The third-order valence-corrected chi connectivity index (χ3v) is 5.56. The molecule has 0 atom stereocenters. The number of carbonyl (C=O) groups excluding carboxylic acids is 1. The van der Waals surface area contributed by atoms with E-state index >= 15 is 0 Å². The predicted molar refractivity (Wildman–Crippen MR) is 99.1 cm³/mol. The summed E-state index contributed by atoms with van der Waals surface area (Å²) in [6.45, 7) is 2.06. The Kier molecular flexibility index (Phi) is 5.67. The average Bonchev–Trinajstić information content (AvgIpc) is 3.04. The summed E-state index contributed by atoms with van der Waals surface area (Å²) < 4.78 is 38.8. The Balaban J connectivity index is 1.55. The first kappa shape index (κ1) is 18.9. The summed E-state index contributed by atoms with van der Waals surface area (Å²) in [5.74, 6) is 0.415. The molecule has 138 valence electrons. The summed E-state index contributed by atoms with van der Waals surface area (Å²) in [4.78, 5) is 20.7. The second-order valence-corrected chi connectivity index (χ2v) is 8.18. The molecule has 0 spiro atoms. The van der Waals surface area contributed by atoms with Crippen LogP contribution >= 0.6 is 27.3 Å². The number of pyridine rings is 1. The molecule has 1 saturated heterocycles. The maximum atomic E-state index is 12.6. The fourth-order valence-corrected chi connectivity index (χ4v) is 3.90. The van der Waals surface area contributed by atoms with Gasteiger partial charge in [-0.2, -0.15) is 13.2 Å². The molecular weight excluding hydrogens is 431 g/mol. The van der Waals surface area contributed by atoms with Crippen LogP contribution in [-0.4, -0.2) is 42.0 Å². The molecule has 3 rings (SSSR count). The van der Waals surface area contributed by atoms with E-state index < -0.39 is 11.7 Å². The van der Waals surface area contributed by atoms with Crippen LogP contribution in [0, 0.1) is 0 Å². The zero-order valence-electron chi connectivity index (χ0n) is 13.5. The van der Waals surface area contributed by atoms with E-state index in [9.17, 15) is 18.0 Å². The number of halogens is 4. The lowest BCUT2D eigenvalue weighted by atomic mass is 10.2. The maximum Gasteiger partial charge on any atom is 0.417 e. The molecule has 1 aliphatic rings. The highest BCUT2D eigenvalue weighted by molar-refractivity contribution is 9.11. The Labute approximate surface area is 161 Å². The van der Waals surface area contributed by atoms with E-state index in [0.717, 1.165) is 20.9 Å². The lowest BCUT2D eigenvalue weighted by molar-refractivity contribution is -0.137. The first-order valence-electron chi connectivity index (χ1n) is 7.83. The second-order valence-electron chi connectivity index (χ2n) is 5.69. The Hall–Kier alpha value is -1.87. The van der Waals surface area contributed by atoms with Gasteiger partial charge in [0.2, 0.25) is 5.91 Å². The number of alkyl halides is 3. The van der Waals surface area contributed by atoms with Gasteiger partial charge in [0.25, 0.3) is 0 Å². The quantitative estimate of drug-likeness (QED) is 0.661. The number of hydrogen-bond donors (Lipinski definition) is 0. The summed E-state index contributed by atoms with van der Waals surface area (Å²) >= 11 is 4.91. The van der Waals surface area contributed by atoms with E-state index in [0.29, 0.717) is 32.0 Å². The standard InChI is InChI=1S/C17H15BrF3N3OS/c18-14-4-2-13(26-14)3-6-16(25)24-9-7-23(8-10-24)15-5-1-12(11-22-15)17(19,20)21/h1-6,11H,7-10H2/b6-3+. The number of rotatable bonds is 3. The van der Waals surface area contributed by atoms with Crippen LogP contribution in [0.3, 0.4) is 0 Å². The van der Waals surface area contributed by atoms with E-state index in [2.05, 4.69) is 20.9 Å². The SMILES string of the molecule is O=C(/C=C/c1ccc(Br)s1)N1CCN(c2ccc(C(F)(F)F)cn2)CC1. The molecule has 0 radical (unpaired) electrons. The van der Waals surface area contributed by atoms with Gasteiger partial charge in [0.05, 0.1) is 9.35 Å². The van der Waals surface area contributed by atoms with Crippen LogP contribution in [0.25, 0.3) is 6.08 Å². The van der Waals surface area contributed by atoms with Crippen molar-refractivity contribution in [1.29, 1.82) is 0 Å². The summed E-state index contributed by atoms with van der Waals surface area (Å²) in [5, 5.41) is 0. The normalized spacial score (nSPS) is 15.7. The minimum absolute atomic E-state index is 0.0745. The molecule has 1 amide bonds. The number of hydrogen-bond acceptors (Lipinski definition) is 4. The number of nitrogens with zero attached hydrogens (tertiary/aromatic N) is 3. The summed E-state index contributed by atoms with van der Waals surface area (Å²) in [5.41, 5.74) is -0.764. The summed E-state index contributed by atoms with van der Waals surface area (Å²) in [7, 11) is 0. The van der Waals surface area contributed by atoms with E-state index in [4.69, 9.17) is 0 Å². The molecule has 2 aromatic heterocycles. The van der Waals surface area contributed by atoms with Gasteiger partial charge in [-0.05, 0) is 46.3 Å². The van der Waals surface area contributed by atoms with Gasteiger partial charge in [-0.1, -0.05) is 0 Å². The minimum Gasteiger partial charge on any atom is -0.353 e. The monoisotopic (exact) mass is 445 g/mol. The molecule has 0 saturated carbocycles. The van der Waals surface area contributed by atoms with Crippen LogP contribution in [0.15, 0.2) is 40.3 Å². The van der Waals surface area contributed by atoms with Crippen molar-refractivity contribution in [1.82, 2.24) is 9.88 Å². The highest BCUT2D eigenvalue weighted by atomic mass is 79.9. The molecule has 0 N–H and O–H groups in total. The molecule has 0 unspecified atom stereocenters. The first-order valence-corrected chi connectivity index (χ1v) is 9.44. The highest BCUT2D eigenvalue weighted by Crippen LogP contribution is 2.29. The lowest BCUT2D eigenvalue weighted by Gasteiger charge is -2.35. The highest BCUT2D eigenvalue weighted by Gasteiger charge is 2.31. The van der Waals surface area contributed by atoms with E-state index in [-0.39, 0.29) is 5.91 Å². The Morgan fingerprint density at radius 3 is 2.42 bits per heavy atom. The topological polar surface area (TPSA) is 36.4 Å². The summed E-state index contributed by atoms with van der Waals surface area (Å²) in [6.07, 6.45) is -0.220. The number of anilines is 1. The zero-order valence-corrected chi connectivity index (χ0v) is 15.9. The van der Waals surface area contributed by atoms with Crippen molar-refractivity contribution in [3.8, 4) is 0 Å². The number of amides is 1. The molecule has 0 aromatic carbocycles. The van der Waals surface area contributed by atoms with Crippen molar-refractivity contribution < 1.29 is 18.0 Å². The molecule has 9 heteroatoms. The first-order chi connectivity index (χ1) is 12.3. The molecule has 3 heterocycles. The van der Waals surface area contributed by atoms with Crippen LogP contribution < -0.4 is 4.90 Å². The van der Waals surface area contributed by atoms with Gasteiger partial charge in [0.1, 0.15) is 5.82 Å². The fourth-order valence-electron chi connectivity index (χ4n) is 2.57. The molecule has 1 fully saturated rings. The average molecular weight is 446 g/mol. The van der Waals surface area contributed by atoms with E-state index in [1.54, 1.807) is 17.1 Å². The molecule has 1 aliphatic heterocycles. The smallest absolute Gasteiger partial charge is 0.353 e. The fraction of sp³-hybridized carbons (Fsp3) is 0.294. The maximum absolute atomic E-state index is 12.6. The van der Waals surface area contributed by atoms with Crippen LogP contribution in [0.2, 0.25) is 0 Å². The molecule has 26 heavy (non-hydrogen) atoms. The van der Waals surface area contributed by atoms with Crippen LogP contribution in [-0.2, 0) is 11.0 Å². The Morgan fingerprint density at radius 1 is 1.15 bits per heavy atom. The molecule has 0 bridgehead atoms. The van der Waals surface area contributed by atoms with Gasteiger partial charge in [-0.3, -0.25) is 4.79 Å². The van der Waals surface area contributed by atoms with Gasteiger partial charge >= 0.3 is 6.18 Å². The third kappa shape index (κ3) is 4.64. The van der Waals surface area contributed by atoms with Crippen LogP contribution in [0.4, 0.5) is 19.0 Å². The second kappa shape index (κ2) is 7.79. The molecule has 2 aromatic rings. The lowest BCUT2D eigenvalue weighted by Crippen LogP contribution is -2.48. The Morgan fingerprint density at radius 2 is 1.88 bits per heavy atom. The number of aromatic nitrogens is 1. The predicted octanol–water partition coefficient (Wildman–Crippen LogP) is 4.29. The zero-order chi connectivity index (χ0) is 18.7. The van der Waals surface area contributed by atoms with Crippen molar-refractivity contribution in [2.75, 3.05) is 31.1 Å².